The molecule has 66 heavy (non-hydrogen) atoms. The number of benzene rings is 7. The van der Waals surface area contributed by atoms with Crippen LogP contribution in [0.1, 0.15) is 5.56 Å². The van der Waals surface area contributed by atoms with E-state index in [0.717, 1.165) is 88.2 Å². The number of ether oxygens (including phenoxy) is 2. The number of hydrogen-bond donors (Lipinski definition) is 0. The highest BCUT2D eigenvalue weighted by Crippen LogP contribution is 2.40. The Labute approximate surface area is 378 Å². The summed E-state index contributed by atoms with van der Waals surface area (Å²) in [4.78, 5) is 19.4. The number of fused-ring (bicyclic) bond motifs is 9. The quantitative estimate of drug-likeness (QED) is 0.151. The van der Waals surface area contributed by atoms with E-state index in [1.54, 1.807) is 0 Å². The Kier molecular flexibility index (Phi) is 8.54. The van der Waals surface area contributed by atoms with Gasteiger partial charge in [0.05, 0.1) is 33.1 Å². The minimum absolute atomic E-state index is 0.530. The Hall–Kier alpha value is -9.08. The van der Waals surface area contributed by atoms with E-state index in [1.165, 1.54) is 5.56 Å². The molecule has 0 bridgehead atoms. The molecule has 6 aromatic heterocycles. The fourth-order valence-corrected chi connectivity index (χ4v) is 9.42. The van der Waals surface area contributed by atoms with Crippen LogP contribution in [0.3, 0.4) is 0 Å². The molecule has 9 nitrogen and oxygen atoms in total. The first-order chi connectivity index (χ1) is 32.6. The standard InChI is InChI=1S/C57H37N7O2/c1-36-16-18-37(19-17-36)38-34-60-57(61-35-38)64-53-32-41(65-39-20-24-45-43-10-2-4-12-49(43)62(51(45)30-39)55-14-6-8-28-58-55)22-26-47(53)48-27-23-42(33-54(48)64)66-40-21-25-46-44-11-3-5-13-50(44)63(52(46)31-40)56-15-7-9-29-59-56/h2-35H,1H3. The minimum atomic E-state index is 0.530. The van der Waals surface area contributed by atoms with E-state index >= 15 is 0 Å². The van der Waals surface area contributed by atoms with Crippen molar-refractivity contribution in [2.75, 3.05) is 0 Å². The van der Waals surface area contributed by atoms with Gasteiger partial charge in [0.1, 0.15) is 34.6 Å². The molecule has 0 unspecified atom stereocenters. The van der Waals surface area contributed by atoms with Crippen molar-refractivity contribution in [1.29, 1.82) is 0 Å². The number of nitrogens with zero attached hydrogens (tertiary/aromatic N) is 7. The van der Waals surface area contributed by atoms with E-state index in [4.69, 9.17) is 29.4 Å². The maximum Gasteiger partial charge on any atom is 0.234 e. The summed E-state index contributed by atoms with van der Waals surface area (Å²) >= 11 is 0. The van der Waals surface area contributed by atoms with E-state index in [9.17, 15) is 0 Å². The van der Waals surface area contributed by atoms with Crippen LogP contribution in [0.4, 0.5) is 0 Å². The zero-order chi connectivity index (χ0) is 43.7. The molecular weight excluding hydrogens is 815 g/mol. The van der Waals surface area contributed by atoms with E-state index in [1.807, 2.05) is 85.5 Å². The number of aryl methyl sites for hydroxylation is 1. The first kappa shape index (κ1) is 37.5. The van der Waals surface area contributed by atoms with Gasteiger partial charge in [0.2, 0.25) is 5.95 Å². The smallest absolute Gasteiger partial charge is 0.234 e. The maximum atomic E-state index is 6.74. The van der Waals surface area contributed by atoms with Crippen molar-refractivity contribution < 1.29 is 9.47 Å². The highest BCUT2D eigenvalue weighted by Gasteiger charge is 2.19. The third-order valence-electron chi connectivity index (χ3n) is 12.5. The van der Waals surface area contributed by atoms with Crippen molar-refractivity contribution in [3.05, 3.63) is 212 Å². The summed E-state index contributed by atoms with van der Waals surface area (Å²) in [5.41, 5.74) is 9.16. The van der Waals surface area contributed by atoms with Gasteiger partial charge in [-0.15, -0.1) is 0 Å². The molecule has 0 fully saturated rings. The topological polar surface area (TPSA) is 84.8 Å². The Morgan fingerprint density at radius 1 is 0.333 bits per heavy atom. The van der Waals surface area contributed by atoms with Gasteiger partial charge in [0.15, 0.2) is 0 Å². The van der Waals surface area contributed by atoms with Crippen LogP contribution in [0.25, 0.3) is 94.1 Å². The van der Waals surface area contributed by atoms with Gasteiger partial charge in [-0.3, -0.25) is 13.7 Å². The molecule has 0 atom stereocenters. The zero-order valence-corrected chi connectivity index (χ0v) is 35.6. The first-order valence-electron chi connectivity index (χ1n) is 21.8. The Morgan fingerprint density at radius 3 is 1.15 bits per heavy atom. The second kappa shape index (κ2) is 15.0. The molecule has 0 aliphatic rings. The van der Waals surface area contributed by atoms with E-state index in [-0.39, 0.29) is 0 Å². The summed E-state index contributed by atoms with van der Waals surface area (Å²) in [5, 5.41) is 6.61. The van der Waals surface area contributed by atoms with Gasteiger partial charge in [-0.2, -0.15) is 0 Å². The lowest BCUT2D eigenvalue weighted by Gasteiger charge is -2.11. The summed E-state index contributed by atoms with van der Waals surface area (Å²) in [6.45, 7) is 2.09. The molecular formula is C57H37N7O2. The molecule has 0 aliphatic heterocycles. The molecule has 0 aliphatic carbocycles. The number of rotatable bonds is 8. The molecule has 312 valence electrons. The van der Waals surface area contributed by atoms with E-state index in [2.05, 4.69) is 142 Å². The average molecular weight is 852 g/mol. The van der Waals surface area contributed by atoms with Gasteiger partial charge >= 0.3 is 0 Å². The van der Waals surface area contributed by atoms with Crippen molar-refractivity contribution in [1.82, 2.24) is 33.6 Å². The molecule has 0 amide bonds. The lowest BCUT2D eigenvalue weighted by atomic mass is 10.1. The van der Waals surface area contributed by atoms with Crippen molar-refractivity contribution >= 4 is 65.4 Å². The molecule has 0 saturated carbocycles. The van der Waals surface area contributed by atoms with E-state index < -0.39 is 0 Å². The Bertz CT molecular complexity index is 3770. The fourth-order valence-electron chi connectivity index (χ4n) is 9.42. The zero-order valence-electron chi connectivity index (χ0n) is 35.6. The van der Waals surface area contributed by atoms with Crippen LogP contribution < -0.4 is 9.47 Å². The molecule has 0 spiro atoms. The van der Waals surface area contributed by atoms with Crippen molar-refractivity contribution in [2.45, 2.75) is 6.92 Å². The SMILES string of the molecule is Cc1ccc(-c2cnc(-n3c4cc(Oc5ccc6c7ccccc7n(-c7ccccn7)c6c5)ccc4c4ccc(Oc5ccc6c7ccccc7n(-c7ccccn7)c6c5)cc43)nc2)cc1. The van der Waals surface area contributed by atoms with Crippen LogP contribution in [0.5, 0.6) is 23.0 Å². The van der Waals surface area contributed by atoms with Crippen LogP contribution in [-0.2, 0) is 0 Å². The number of pyridine rings is 2. The lowest BCUT2D eigenvalue weighted by molar-refractivity contribution is 0.484. The summed E-state index contributed by atoms with van der Waals surface area (Å²) in [6.07, 6.45) is 7.42. The van der Waals surface area contributed by atoms with Crippen molar-refractivity contribution in [3.63, 3.8) is 0 Å². The monoisotopic (exact) mass is 851 g/mol. The average Bonchev–Trinajstić information content (AvgIpc) is 3.99. The van der Waals surface area contributed by atoms with Gasteiger partial charge in [-0.05, 0) is 97.4 Å². The minimum Gasteiger partial charge on any atom is -0.457 e. The number of aromatic nitrogens is 7. The second-order valence-electron chi connectivity index (χ2n) is 16.5. The molecule has 0 radical (unpaired) electrons. The predicted molar refractivity (Wildman–Crippen MR) is 264 cm³/mol. The molecule has 6 heterocycles. The fraction of sp³-hybridized carbons (Fsp3) is 0.0175. The molecule has 0 saturated heterocycles. The summed E-state index contributed by atoms with van der Waals surface area (Å²) < 4.78 is 19.9. The Balaban J connectivity index is 0.929. The maximum absolute atomic E-state index is 6.74. The molecule has 9 heteroatoms. The summed E-state index contributed by atoms with van der Waals surface area (Å²) in [6, 6.07) is 62.1. The molecule has 7 aromatic carbocycles. The number of para-hydroxylation sites is 2. The van der Waals surface area contributed by atoms with Gasteiger partial charge in [0.25, 0.3) is 0 Å². The number of hydrogen-bond acceptors (Lipinski definition) is 6. The highest BCUT2D eigenvalue weighted by atomic mass is 16.5. The lowest BCUT2D eigenvalue weighted by Crippen LogP contribution is -2.01. The largest absolute Gasteiger partial charge is 0.457 e. The van der Waals surface area contributed by atoms with Crippen molar-refractivity contribution in [2.24, 2.45) is 0 Å². The van der Waals surface area contributed by atoms with Crippen LogP contribution in [0.2, 0.25) is 0 Å². The van der Waals surface area contributed by atoms with Gasteiger partial charge < -0.3 is 9.47 Å². The van der Waals surface area contributed by atoms with Gasteiger partial charge in [-0.25, -0.2) is 19.9 Å². The van der Waals surface area contributed by atoms with Crippen molar-refractivity contribution in [3.8, 4) is 51.7 Å². The summed E-state index contributed by atoms with van der Waals surface area (Å²) in [7, 11) is 0. The van der Waals surface area contributed by atoms with E-state index in [0.29, 0.717) is 28.9 Å². The molecule has 13 aromatic rings. The van der Waals surface area contributed by atoms with Crippen LogP contribution >= 0.6 is 0 Å². The third-order valence-corrected chi connectivity index (χ3v) is 12.5. The second-order valence-corrected chi connectivity index (χ2v) is 16.5. The third kappa shape index (κ3) is 6.17. The Morgan fingerprint density at radius 2 is 0.727 bits per heavy atom. The van der Waals surface area contributed by atoms with Gasteiger partial charge in [-0.1, -0.05) is 78.4 Å². The van der Waals surface area contributed by atoms with Crippen LogP contribution in [-0.4, -0.2) is 33.6 Å². The highest BCUT2D eigenvalue weighted by molar-refractivity contribution is 6.11. The first-order valence-corrected chi connectivity index (χ1v) is 21.8. The van der Waals surface area contributed by atoms with Crippen LogP contribution in [0, 0.1) is 6.92 Å². The van der Waals surface area contributed by atoms with Crippen LogP contribution in [0.15, 0.2) is 207 Å². The molecule has 13 rings (SSSR count). The van der Waals surface area contributed by atoms with Gasteiger partial charge in [0, 0.05) is 86.9 Å². The summed E-state index contributed by atoms with van der Waals surface area (Å²) in [5.74, 6) is 4.98. The normalized spacial score (nSPS) is 11.7. The molecule has 0 N–H and O–H groups in total. The predicted octanol–water partition coefficient (Wildman–Crippen LogP) is 14.1.